The number of hydrogen-bond donors (Lipinski definition) is 1. The Morgan fingerprint density at radius 3 is 2.67 bits per heavy atom. The maximum absolute atomic E-state index is 11.6. The van der Waals surface area contributed by atoms with Crippen molar-refractivity contribution in [3.05, 3.63) is 29.8 Å². The third-order valence-electron chi connectivity index (χ3n) is 1.65. The van der Waals surface area contributed by atoms with Gasteiger partial charge in [-0.15, -0.1) is 0 Å². The van der Waals surface area contributed by atoms with Gasteiger partial charge in [-0.25, -0.2) is 0 Å². The molecule has 1 N–H and O–H groups in total. The van der Waals surface area contributed by atoms with E-state index in [-0.39, 0.29) is 5.91 Å². The molecule has 0 spiro atoms. The van der Waals surface area contributed by atoms with Crippen molar-refractivity contribution in [3.63, 3.8) is 0 Å². The number of fused-ring (bicyclic) bond motifs is 1. The number of hydrogen-bond acceptors (Lipinski definition) is 2. The SMILES string of the molecule is O=C1NS(=O)(=[Se])c2ccccc21. The van der Waals surface area contributed by atoms with E-state index in [4.69, 9.17) is 0 Å². The van der Waals surface area contributed by atoms with Gasteiger partial charge in [0.15, 0.2) is 0 Å². The van der Waals surface area contributed by atoms with Gasteiger partial charge in [-0.1, -0.05) is 0 Å². The van der Waals surface area contributed by atoms with Crippen LogP contribution in [0.2, 0.25) is 0 Å². The van der Waals surface area contributed by atoms with Gasteiger partial charge in [0.2, 0.25) is 0 Å². The Balaban J connectivity index is 2.83. The first kappa shape index (κ1) is 7.98. The molecule has 0 fully saturated rings. The van der Waals surface area contributed by atoms with E-state index in [0.29, 0.717) is 10.5 Å². The monoisotopic (exact) mass is 247 g/mol. The van der Waals surface area contributed by atoms with Crippen LogP contribution in [0.5, 0.6) is 0 Å². The molecule has 1 unspecified atom stereocenters. The predicted molar refractivity (Wildman–Crippen MR) is 46.1 cm³/mol. The van der Waals surface area contributed by atoms with Gasteiger partial charge in [-0.05, 0) is 0 Å². The molecule has 1 aliphatic heterocycles. The fourth-order valence-corrected chi connectivity index (χ4v) is 3.68. The molecule has 0 bridgehead atoms. The molecule has 62 valence electrons. The Labute approximate surface area is 77.0 Å². The van der Waals surface area contributed by atoms with Crippen LogP contribution >= 0.6 is 0 Å². The van der Waals surface area contributed by atoms with Crippen LogP contribution in [0.1, 0.15) is 10.4 Å². The van der Waals surface area contributed by atoms with Crippen molar-refractivity contribution in [2.45, 2.75) is 4.90 Å². The molecule has 1 aromatic rings. The summed E-state index contributed by atoms with van der Waals surface area (Å²) in [4.78, 5) is 11.7. The molecular weight excluding hydrogens is 241 g/mol. The Kier molecular flexibility index (Phi) is 1.61. The maximum atomic E-state index is 11.6. The average Bonchev–Trinajstić information content (AvgIpc) is 2.25. The summed E-state index contributed by atoms with van der Waals surface area (Å²) >= 11 is 2.50. The zero-order chi connectivity index (χ0) is 8.77. The van der Waals surface area contributed by atoms with Crippen LogP contribution in [0.3, 0.4) is 0 Å². The van der Waals surface area contributed by atoms with Crippen LogP contribution in [0.25, 0.3) is 0 Å². The third kappa shape index (κ3) is 1.02. The number of amides is 1. The summed E-state index contributed by atoms with van der Waals surface area (Å²) in [5, 5.41) is 0. The van der Waals surface area contributed by atoms with Crippen molar-refractivity contribution in [1.29, 1.82) is 0 Å². The zero-order valence-electron chi connectivity index (χ0n) is 5.94. The first-order chi connectivity index (χ1) is 5.61. The Bertz CT molecular complexity index is 452. The molecule has 1 amide bonds. The van der Waals surface area contributed by atoms with Crippen LogP contribution in [0.4, 0.5) is 0 Å². The van der Waals surface area contributed by atoms with E-state index in [2.05, 4.69) is 19.1 Å². The van der Waals surface area contributed by atoms with E-state index in [0.717, 1.165) is 0 Å². The van der Waals surface area contributed by atoms with Gasteiger partial charge < -0.3 is 0 Å². The van der Waals surface area contributed by atoms with E-state index in [1.54, 1.807) is 24.3 Å². The van der Waals surface area contributed by atoms with E-state index in [9.17, 15) is 9.00 Å². The standard InChI is InChI=1S/C7H5NO2SSe/c9-7-5-3-1-2-4-6(5)11(10,12)8-7/h1-4H,(H,8,9). The molecule has 0 aliphatic carbocycles. The molecule has 1 aliphatic rings. The third-order valence-corrected chi connectivity index (χ3v) is 4.69. The van der Waals surface area contributed by atoms with Gasteiger partial charge >= 0.3 is 76.8 Å². The number of nitrogens with one attached hydrogen (secondary N) is 1. The van der Waals surface area contributed by atoms with Crippen LogP contribution in [-0.4, -0.2) is 24.5 Å². The number of rotatable bonds is 0. The molecule has 3 nitrogen and oxygen atoms in total. The summed E-state index contributed by atoms with van der Waals surface area (Å²) in [6.45, 7) is 0. The van der Waals surface area contributed by atoms with Crippen molar-refractivity contribution in [1.82, 2.24) is 4.72 Å². The molecule has 1 heterocycles. The Hall–Kier alpha value is -0.641. The molecule has 0 saturated carbocycles. The van der Waals surface area contributed by atoms with Gasteiger partial charge in [0.25, 0.3) is 0 Å². The fourth-order valence-electron chi connectivity index (χ4n) is 1.12. The molecule has 0 aromatic heterocycles. The molecule has 1 aromatic carbocycles. The second kappa shape index (κ2) is 2.42. The second-order valence-electron chi connectivity index (χ2n) is 2.43. The average molecular weight is 246 g/mol. The first-order valence-corrected chi connectivity index (χ1v) is 6.85. The molecule has 0 radical (unpaired) electrons. The molecule has 2 rings (SSSR count). The molecular formula is C7H5NO2SSe. The van der Waals surface area contributed by atoms with E-state index in [1.165, 1.54) is 0 Å². The van der Waals surface area contributed by atoms with Crippen molar-refractivity contribution in [2.24, 2.45) is 0 Å². The van der Waals surface area contributed by atoms with Crippen LogP contribution in [0.15, 0.2) is 29.2 Å². The number of carbonyl (C=O) groups excluding carboxylic acids is 1. The predicted octanol–water partition coefficient (Wildman–Crippen LogP) is 0.0718. The number of benzene rings is 1. The van der Waals surface area contributed by atoms with Crippen molar-refractivity contribution >= 4 is 28.3 Å². The second-order valence-corrected chi connectivity index (χ2v) is 7.04. The van der Waals surface area contributed by atoms with Crippen molar-refractivity contribution in [2.75, 3.05) is 0 Å². The van der Waals surface area contributed by atoms with Crippen molar-refractivity contribution in [3.8, 4) is 0 Å². The number of carbonyl (C=O) groups is 1. The summed E-state index contributed by atoms with van der Waals surface area (Å²) in [6.07, 6.45) is 0. The van der Waals surface area contributed by atoms with Gasteiger partial charge in [0.1, 0.15) is 0 Å². The summed E-state index contributed by atoms with van der Waals surface area (Å²) in [6, 6.07) is 6.86. The van der Waals surface area contributed by atoms with Crippen LogP contribution in [0, 0.1) is 0 Å². The molecule has 1 atom stereocenters. The van der Waals surface area contributed by atoms with E-state index < -0.39 is 8.04 Å². The van der Waals surface area contributed by atoms with E-state index >= 15 is 0 Å². The zero-order valence-corrected chi connectivity index (χ0v) is 8.47. The molecule has 0 saturated heterocycles. The normalized spacial score (nSPS) is 26.5. The minimum absolute atomic E-state index is 0.269. The summed E-state index contributed by atoms with van der Waals surface area (Å²) in [5.74, 6) is -0.269. The topological polar surface area (TPSA) is 46.2 Å². The molecule has 5 heteroatoms. The van der Waals surface area contributed by atoms with E-state index in [1.807, 2.05) is 0 Å². The first-order valence-electron chi connectivity index (χ1n) is 3.27. The summed E-state index contributed by atoms with van der Waals surface area (Å²) in [7, 11) is -2.43. The Morgan fingerprint density at radius 1 is 1.33 bits per heavy atom. The van der Waals surface area contributed by atoms with Crippen molar-refractivity contribution < 1.29 is 9.00 Å². The fraction of sp³-hybridized carbons (Fsp3) is 0. The minimum atomic E-state index is -2.43. The van der Waals surface area contributed by atoms with Crippen LogP contribution in [-0.2, 0) is 8.04 Å². The quantitative estimate of drug-likeness (QED) is 0.658. The summed E-state index contributed by atoms with van der Waals surface area (Å²) < 4.78 is 14.0. The van der Waals surface area contributed by atoms with Gasteiger partial charge in [0, 0.05) is 0 Å². The molecule has 12 heavy (non-hydrogen) atoms. The van der Waals surface area contributed by atoms with Gasteiger partial charge in [-0.2, -0.15) is 0 Å². The Morgan fingerprint density at radius 2 is 2.00 bits per heavy atom. The summed E-state index contributed by atoms with van der Waals surface area (Å²) in [5.41, 5.74) is 0.501. The van der Waals surface area contributed by atoms with Crippen LogP contribution < -0.4 is 4.72 Å². The van der Waals surface area contributed by atoms with Gasteiger partial charge in [-0.3, -0.25) is 0 Å². The van der Waals surface area contributed by atoms with Gasteiger partial charge in [0.05, 0.1) is 0 Å².